The number of nitrogens with zero attached hydrogens (tertiary/aromatic N) is 3. The van der Waals surface area contributed by atoms with Crippen molar-refractivity contribution in [3.05, 3.63) is 24.0 Å². The Morgan fingerprint density at radius 2 is 1.80 bits per heavy atom. The van der Waals surface area contributed by atoms with Crippen molar-refractivity contribution in [3.63, 3.8) is 0 Å². The van der Waals surface area contributed by atoms with E-state index in [0.717, 1.165) is 81.6 Å². The third-order valence-electron chi connectivity index (χ3n) is 5.29. The minimum atomic E-state index is -0.236. The molecule has 30 heavy (non-hydrogen) atoms. The fraction of sp³-hybridized carbons (Fsp3) is 0.619. The van der Waals surface area contributed by atoms with Crippen molar-refractivity contribution in [2.45, 2.75) is 32.6 Å². The fourth-order valence-electron chi connectivity index (χ4n) is 3.66. The molecule has 1 aromatic rings. The van der Waals surface area contributed by atoms with Crippen LogP contribution in [-0.4, -0.2) is 72.6 Å². The summed E-state index contributed by atoms with van der Waals surface area (Å²) in [5.41, 5.74) is 0.843. The van der Waals surface area contributed by atoms with Crippen LogP contribution in [0.2, 0.25) is 0 Å². The Morgan fingerprint density at radius 3 is 2.47 bits per heavy atom. The van der Waals surface area contributed by atoms with Gasteiger partial charge in [-0.15, -0.1) is 12.4 Å². The van der Waals surface area contributed by atoms with Gasteiger partial charge in [0.25, 0.3) is 5.24 Å². The number of amides is 2. The number of halogens is 2. The maximum absolute atomic E-state index is 13.8. The molecule has 2 saturated heterocycles. The third-order valence-corrected chi connectivity index (χ3v) is 6.15. The molecule has 2 fully saturated rings. The van der Waals surface area contributed by atoms with E-state index in [9.17, 15) is 14.0 Å². The first-order valence-electron chi connectivity index (χ1n) is 10.4. The Balaban J connectivity index is 0.00000320. The Bertz CT molecular complexity index is 701. The van der Waals surface area contributed by atoms with Gasteiger partial charge in [-0.2, -0.15) is 0 Å². The van der Waals surface area contributed by atoms with E-state index in [-0.39, 0.29) is 29.4 Å². The number of thioether (sulfide) groups is 1. The first-order chi connectivity index (χ1) is 14.1. The molecular weight excluding hydrogens is 429 g/mol. The first-order valence-corrected chi connectivity index (χ1v) is 11.4. The number of unbranched alkanes of at least 4 members (excludes halogenated alkanes) is 2. The zero-order chi connectivity index (χ0) is 20.6. The molecule has 0 N–H and O–H groups in total. The van der Waals surface area contributed by atoms with Crippen LogP contribution < -0.4 is 9.64 Å². The second-order valence-corrected chi connectivity index (χ2v) is 8.38. The summed E-state index contributed by atoms with van der Waals surface area (Å²) >= 11 is 1.10. The van der Waals surface area contributed by atoms with Gasteiger partial charge in [0.05, 0.1) is 18.0 Å². The maximum atomic E-state index is 13.8. The maximum Gasteiger partial charge on any atom is 0.288 e. The monoisotopic (exact) mass is 459 g/mol. The zero-order valence-corrected chi connectivity index (χ0v) is 19.1. The van der Waals surface area contributed by atoms with Crippen LogP contribution in [0.3, 0.4) is 0 Å². The van der Waals surface area contributed by atoms with Gasteiger partial charge in [0, 0.05) is 38.8 Å². The number of hydrogen-bond donors (Lipinski definition) is 0. The molecule has 0 radical (unpaired) electrons. The van der Waals surface area contributed by atoms with Gasteiger partial charge in [0.2, 0.25) is 5.91 Å². The molecule has 6 nitrogen and oxygen atoms in total. The Morgan fingerprint density at radius 1 is 1.07 bits per heavy atom. The number of piperazine rings is 1. The lowest BCUT2D eigenvalue weighted by molar-refractivity contribution is -0.124. The lowest BCUT2D eigenvalue weighted by Crippen LogP contribution is -2.46. The Kier molecular flexibility index (Phi) is 10.2. The minimum absolute atomic E-state index is 0. The Labute approximate surface area is 188 Å². The van der Waals surface area contributed by atoms with Crippen molar-refractivity contribution in [2.75, 3.05) is 56.5 Å². The highest BCUT2D eigenvalue weighted by Gasteiger charge is 2.29. The van der Waals surface area contributed by atoms with Crippen molar-refractivity contribution in [2.24, 2.45) is 0 Å². The van der Waals surface area contributed by atoms with Gasteiger partial charge in [-0.1, -0.05) is 25.1 Å². The number of carbonyl (C=O) groups is 2. The second-order valence-electron chi connectivity index (χ2n) is 7.45. The summed E-state index contributed by atoms with van der Waals surface area (Å²) in [5, 5.41) is -0.106. The number of carbonyl (C=O) groups excluding carboxylic acids is 2. The van der Waals surface area contributed by atoms with Crippen LogP contribution in [0.15, 0.2) is 18.2 Å². The normalized spacial score (nSPS) is 17.4. The molecule has 0 aromatic heterocycles. The summed E-state index contributed by atoms with van der Waals surface area (Å²) in [4.78, 5) is 29.2. The molecule has 0 spiro atoms. The van der Waals surface area contributed by atoms with Crippen molar-refractivity contribution in [3.8, 4) is 5.75 Å². The summed E-state index contributed by atoms with van der Waals surface area (Å²) in [5.74, 6) is 0.751. The molecule has 0 atom stereocenters. The fourth-order valence-corrected chi connectivity index (χ4v) is 4.42. The predicted molar refractivity (Wildman–Crippen MR) is 122 cm³/mol. The highest BCUT2D eigenvalue weighted by atomic mass is 35.5. The van der Waals surface area contributed by atoms with Gasteiger partial charge in [-0.05, 0) is 37.9 Å². The molecular formula is C21H31ClFN3O3S. The summed E-state index contributed by atoms with van der Waals surface area (Å²) in [6.07, 6.45) is 3.83. The van der Waals surface area contributed by atoms with Gasteiger partial charge in [-0.3, -0.25) is 19.4 Å². The van der Waals surface area contributed by atoms with Crippen molar-refractivity contribution < 1.29 is 18.7 Å². The van der Waals surface area contributed by atoms with Gasteiger partial charge in [0.15, 0.2) is 0 Å². The SMILES string of the molecule is CCCOc1ccc(F)cc1N1CCN(CCCCCN2C(=O)CSC2=O)CC1.Cl. The van der Waals surface area contributed by atoms with Gasteiger partial charge >= 0.3 is 0 Å². The zero-order valence-electron chi connectivity index (χ0n) is 17.5. The van der Waals surface area contributed by atoms with Gasteiger partial charge in [-0.25, -0.2) is 4.39 Å². The number of rotatable bonds is 10. The van der Waals surface area contributed by atoms with Crippen LogP contribution >= 0.6 is 24.2 Å². The first kappa shape index (κ1) is 24.8. The number of anilines is 1. The van der Waals surface area contributed by atoms with E-state index in [0.29, 0.717) is 18.9 Å². The topological polar surface area (TPSA) is 53.1 Å². The lowest BCUT2D eigenvalue weighted by atomic mass is 10.2. The molecule has 2 aliphatic rings. The quantitative estimate of drug-likeness (QED) is 0.492. The van der Waals surface area contributed by atoms with E-state index in [2.05, 4.69) is 16.7 Å². The molecule has 0 saturated carbocycles. The summed E-state index contributed by atoms with van der Waals surface area (Å²) in [7, 11) is 0. The molecule has 2 aliphatic heterocycles. The number of benzene rings is 1. The summed E-state index contributed by atoms with van der Waals surface area (Å²) in [6.45, 7) is 7.80. The smallest absolute Gasteiger partial charge is 0.288 e. The van der Waals surface area contributed by atoms with E-state index >= 15 is 0 Å². The van der Waals surface area contributed by atoms with Crippen LogP contribution in [0.4, 0.5) is 14.9 Å². The van der Waals surface area contributed by atoms with Crippen molar-refractivity contribution >= 4 is 41.0 Å². The third kappa shape index (κ3) is 6.75. The summed E-state index contributed by atoms with van der Waals surface area (Å²) in [6, 6.07) is 4.74. The van der Waals surface area contributed by atoms with E-state index in [1.54, 1.807) is 12.1 Å². The van der Waals surface area contributed by atoms with E-state index in [1.807, 2.05) is 0 Å². The Hall–Kier alpha value is -1.51. The highest BCUT2D eigenvalue weighted by Crippen LogP contribution is 2.30. The van der Waals surface area contributed by atoms with E-state index in [1.165, 1.54) is 11.0 Å². The standard InChI is InChI=1S/C21H30FN3O3S.ClH/c1-2-14-28-19-7-6-17(22)15-18(19)24-12-10-23(11-13-24)8-4-3-5-9-25-20(26)16-29-21(25)27;/h6-7,15H,2-5,8-14,16H2,1H3;1H. The largest absolute Gasteiger partial charge is 0.491 e. The number of hydrogen-bond acceptors (Lipinski definition) is 6. The molecule has 0 aliphatic carbocycles. The average molecular weight is 460 g/mol. The minimum Gasteiger partial charge on any atom is -0.491 e. The molecule has 9 heteroatoms. The average Bonchev–Trinajstić information content (AvgIpc) is 3.05. The van der Waals surface area contributed by atoms with Gasteiger partial charge < -0.3 is 9.64 Å². The molecule has 168 valence electrons. The van der Waals surface area contributed by atoms with Crippen LogP contribution in [0.5, 0.6) is 5.75 Å². The second kappa shape index (κ2) is 12.4. The lowest BCUT2D eigenvalue weighted by Gasteiger charge is -2.36. The van der Waals surface area contributed by atoms with Crippen LogP contribution in [0.25, 0.3) is 0 Å². The molecule has 0 bridgehead atoms. The van der Waals surface area contributed by atoms with Crippen LogP contribution in [-0.2, 0) is 4.79 Å². The van der Waals surface area contributed by atoms with Gasteiger partial charge in [0.1, 0.15) is 11.6 Å². The van der Waals surface area contributed by atoms with Crippen LogP contribution in [0.1, 0.15) is 32.6 Å². The number of ether oxygens (including phenoxy) is 1. The molecule has 2 amide bonds. The van der Waals surface area contributed by atoms with Crippen LogP contribution in [0, 0.1) is 5.82 Å². The number of imide groups is 1. The predicted octanol–water partition coefficient (Wildman–Crippen LogP) is 4.02. The molecule has 3 rings (SSSR count). The van der Waals surface area contributed by atoms with E-state index in [4.69, 9.17) is 4.74 Å². The van der Waals surface area contributed by atoms with Crippen molar-refractivity contribution in [1.82, 2.24) is 9.80 Å². The van der Waals surface area contributed by atoms with E-state index < -0.39 is 0 Å². The van der Waals surface area contributed by atoms with Crippen molar-refractivity contribution in [1.29, 1.82) is 0 Å². The molecule has 2 heterocycles. The summed E-state index contributed by atoms with van der Waals surface area (Å²) < 4.78 is 19.6. The highest BCUT2D eigenvalue weighted by molar-refractivity contribution is 8.14. The molecule has 1 aromatic carbocycles. The molecule has 0 unspecified atom stereocenters.